The van der Waals surface area contributed by atoms with Gasteiger partial charge in [0.1, 0.15) is 0 Å². The van der Waals surface area contributed by atoms with E-state index in [-0.39, 0.29) is 10.5 Å². The number of nitrogen functional groups attached to an aromatic ring is 1. The number of hydrogen-bond acceptors (Lipinski definition) is 5. The van der Waals surface area contributed by atoms with Crippen LogP contribution >= 0.6 is 0 Å². The van der Waals surface area contributed by atoms with Crippen molar-refractivity contribution in [1.29, 1.82) is 0 Å². The number of benzene rings is 1. The summed E-state index contributed by atoms with van der Waals surface area (Å²) in [5.74, 6) is 0. The molecule has 19 heavy (non-hydrogen) atoms. The predicted molar refractivity (Wildman–Crippen MR) is 76.5 cm³/mol. The van der Waals surface area contributed by atoms with Crippen molar-refractivity contribution in [3.05, 3.63) is 17.7 Å². The van der Waals surface area contributed by atoms with E-state index in [1.807, 2.05) is 13.8 Å². The highest BCUT2D eigenvalue weighted by Gasteiger charge is 2.19. The molecule has 0 aliphatic heterocycles. The van der Waals surface area contributed by atoms with Gasteiger partial charge in [-0.2, -0.15) is 0 Å². The van der Waals surface area contributed by atoms with Crippen LogP contribution in [0.25, 0.3) is 0 Å². The summed E-state index contributed by atoms with van der Waals surface area (Å²) < 4.78 is 28.3. The van der Waals surface area contributed by atoms with E-state index in [2.05, 4.69) is 5.32 Å². The summed E-state index contributed by atoms with van der Waals surface area (Å²) in [7, 11) is -2.17. The van der Waals surface area contributed by atoms with Crippen molar-refractivity contribution in [2.75, 3.05) is 24.7 Å². The van der Waals surface area contributed by atoms with Crippen LogP contribution in [0.15, 0.2) is 17.0 Å². The monoisotopic (exact) mass is 287 g/mol. The number of sulfonamides is 1. The molecule has 0 atom stereocenters. The predicted octanol–water partition coefficient (Wildman–Crippen LogP) is 1.06. The standard InChI is InChI=1S/C12H21N3O3S/c1-8-10(15-7-12(2,3)18-4)5-9(13)6-11(8)19(14,16)17/h5-6,15H,7,13H2,1-4H3,(H2,14,16,17). The first-order chi connectivity index (χ1) is 8.57. The maximum Gasteiger partial charge on any atom is 0.238 e. The molecule has 0 saturated heterocycles. The van der Waals surface area contributed by atoms with Gasteiger partial charge >= 0.3 is 0 Å². The van der Waals surface area contributed by atoms with Crippen LogP contribution in [0.2, 0.25) is 0 Å². The van der Waals surface area contributed by atoms with Gasteiger partial charge in [0.15, 0.2) is 0 Å². The third kappa shape index (κ3) is 4.09. The fourth-order valence-electron chi connectivity index (χ4n) is 1.57. The Hall–Kier alpha value is -1.31. The normalized spacial score (nSPS) is 12.5. The Morgan fingerprint density at radius 2 is 1.95 bits per heavy atom. The Morgan fingerprint density at radius 3 is 2.42 bits per heavy atom. The quantitative estimate of drug-likeness (QED) is 0.702. The second-order valence-corrected chi connectivity index (χ2v) is 6.58. The summed E-state index contributed by atoms with van der Waals surface area (Å²) in [6.07, 6.45) is 0. The van der Waals surface area contributed by atoms with Gasteiger partial charge in [-0.15, -0.1) is 0 Å². The van der Waals surface area contributed by atoms with Gasteiger partial charge in [-0.05, 0) is 38.5 Å². The van der Waals surface area contributed by atoms with E-state index in [1.165, 1.54) is 6.07 Å². The molecule has 1 rings (SSSR count). The highest BCUT2D eigenvalue weighted by Crippen LogP contribution is 2.26. The number of nitrogens with one attached hydrogen (secondary N) is 1. The molecule has 108 valence electrons. The topological polar surface area (TPSA) is 107 Å². The number of methoxy groups -OCH3 is 1. The minimum atomic E-state index is -3.79. The van der Waals surface area contributed by atoms with Crippen LogP contribution in [0.5, 0.6) is 0 Å². The van der Waals surface area contributed by atoms with Gasteiger partial charge < -0.3 is 15.8 Å². The lowest BCUT2D eigenvalue weighted by atomic mass is 10.1. The number of rotatable bonds is 5. The van der Waals surface area contributed by atoms with Gasteiger partial charge in [0, 0.05) is 25.0 Å². The van der Waals surface area contributed by atoms with E-state index in [1.54, 1.807) is 20.1 Å². The van der Waals surface area contributed by atoms with Crippen LogP contribution in [0.4, 0.5) is 11.4 Å². The highest BCUT2D eigenvalue weighted by molar-refractivity contribution is 7.89. The van der Waals surface area contributed by atoms with E-state index >= 15 is 0 Å². The molecule has 0 unspecified atom stereocenters. The van der Waals surface area contributed by atoms with Crippen molar-refractivity contribution in [1.82, 2.24) is 0 Å². The smallest absolute Gasteiger partial charge is 0.238 e. The fraction of sp³-hybridized carbons (Fsp3) is 0.500. The first-order valence-electron chi connectivity index (χ1n) is 5.79. The Morgan fingerprint density at radius 1 is 1.37 bits per heavy atom. The van der Waals surface area contributed by atoms with Crippen LogP contribution in [0.3, 0.4) is 0 Å². The molecule has 0 radical (unpaired) electrons. The molecule has 0 aliphatic rings. The van der Waals surface area contributed by atoms with E-state index in [0.717, 1.165) is 0 Å². The molecule has 0 amide bonds. The molecular formula is C12H21N3O3S. The van der Waals surface area contributed by atoms with Crippen LogP contribution in [-0.2, 0) is 14.8 Å². The zero-order valence-electron chi connectivity index (χ0n) is 11.6. The number of anilines is 2. The summed E-state index contributed by atoms with van der Waals surface area (Å²) >= 11 is 0. The van der Waals surface area contributed by atoms with Crippen molar-refractivity contribution in [2.24, 2.45) is 5.14 Å². The summed E-state index contributed by atoms with van der Waals surface area (Å²) in [5.41, 5.74) is 6.85. The molecule has 7 heteroatoms. The summed E-state index contributed by atoms with van der Waals surface area (Å²) in [4.78, 5) is 0.0326. The first kappa shape index (κ1) is 15.7. The molecule has 0 heterocycles. The third-order valence-electron chi connectivity index (χ3n) is 2.95. The van der Waals surface area contributed by atoms with Gasteiger partial charge in [0.2, 0.25) is 10.0 Å². The number of primary sulfonamides is 1. The maximum absolute atomic E-state index is 11.5. The zero-order valence-corrected chi connectivity index (χ0v) is 12.5. The molecule has 5 N–H and O–H groups in total. The summed E-state index contributed by atoms with van der Waals surface area (Å²) in [6, 6.07) is 3.03. The van der Waals surface area contributed by atoms with Crippen LogP contribution in [0.1, 0.15) is 19.4 Å². The van der Waals surface area contributed by atoms with E-state index < -0.39 is 10.0 Å². The van der Waals surface area contributed by atoms with Gasteiger partial charge in [0.25, 0.3) is 0 Å². The molecule has 0 aliphatic carbocycles. The average molecular weight is 287 g/mol. The molecule has 0 aromatic heterocycles. The number of nitrogens with two attached hydrogens (primary N) is 2. The average Bonchev–Trinajstić information content (AvgIpc) is 2.28. The Labute approximate surface area is 114 Å². The molecule has 6 nitrogen and oxygen atoms in total. The minimum absolute atomic E-state index is 0.0326. The van der Waals surface area contributed by atoms with Crippen molar-refractivity contribution in [3.63, 3.8) is 0 Å². The number of ether oxygens (including phenoxy) is 1. The highest BCUT2D eigenvalue weighted by atomic mass is 32.2. The minimum Gasteiger partial charge on any atom is -0.399 e. The lowest BCUT2D eigenvalue weighted by Gasteiger charge is -2.24. The zero-order chi connectivity index (χ0) is 14.8. The molecule has 0 bridgehead atoms. The summed E-state index contributed by atoms with van der Waals surface area (Å²) in [5, 5.41) is 8.30. The number of hydrogen-bond donors (Lipinski definition) is 3. The first-order valence-corrected chi connectivity index (χ1v) is 7.33. The Balaban J connectivity index is 3.13. The van der Waals surface area contributed by atoms with Crippen molar-refractivity contribution >= 4 is 21.4 Å². The molecular weight excluding hydrogens is 266 g/mol. The maximum atomic E-state index is 11.5. The lowest BCUT2D eigenvalue weighted by molar-refractivity contribution is 0.0344. The van der Waals surface area contributed by atoms with Gasteiger partial charge in [-0.25, -0.2) is 13.6 Å². The third-order valence-corrected chi connectivity index (χ3v) is 3.98. The SMILES string of the molecule is COC(C)(C)CNc1cc(N)cc(S(N)(=O)=O)c1C. The van der Waals surface area contributed by atoms with E-state index in [9.17, 15) is 8.42 Å². The van der Waals surface area contributed by atoms with Crippen molar-refractivity contribution < 1.29 is 13.2 Å². The van der Waals surface area contributed by atoms with Crippen LogP contribution in [-0.4, -0.2) is 27.7 Å². The second-order valence-electron chi connectivity index (χ2n) is 5.05. The largest absolute Gasteiger partial charge is 0.399 e. The molecule has 1 aromatic carbocycles. The van der Waals surface area contributed by atoms with Crippen molar-refractivity contribution in [2.45, 2.75) is 31.3 Å². The van der Waals surface area contributed by atoms with Gasteiger partial charge in [0.05, 0.1) is 10.5 Å². The molecule has 0 fully saturated rings. The van der Waals surface area contributed by atoms with Crippen LogP contribution < -0.4 is 16.2 Å². The van der Waals surface area contributed by atoms with E-state index in [4.69, 9.17) is 15.6 Å². The lowest BCUT2D eigenvalue weighted by Crippen LogP contribution is -2.32. The molecule has 0 saturated carbocycles. The van der Waals surface area contributed by atoms with E-state index in [0.29, 0.717) is 23.5 Å². The van der Waals surface area contributed by atoms with Crippen molar-refractivity contribution in [3.8, 4) is 0 Å². The van der Waals surface area contributed by atoms with Crippen LogP contribution in [0, 0.1) is 6.92 Å². The Bertz CT molecular complexity index is 568. The Kier molecular flexibility index (Phi) is 4.44. The molecule has 0 spiro atoms. The van der Waals surface area contributed by atoms with Gasteiger partial charge in [-0.3, -0.25) is 0 Å². The molecule has 1 aromatic rings. The van der Waals surface area contributed by atoms with Gasteiger partial charge in [-0.1, -0.05) is 0 Å². The fourth-order valence-corrected chi connectivity index (χ4v) is 2.41. The second kappa shape index (κ2) is 5.36. The summed E-state index contributed by atoms with van der Waals surface area (Å²) in [6.45, 7) is 6.03.